The molecule has 158 valence electrons. The van der Waals surface area contributed by atoms with Crippen LogP contribution in [-0.4, -0.2) is 29.9 Å². The molecule has 8 heteroatoms. The predicted molar refractivity (Wildman–Crippen MR) is 103 cm³/mol. The van der Waals surface area contributed by atoms with Gasteiger partial charge >= 0.3 is 6.03 Å². The average Bonchev–Trinajstić information content (AvgIpc) is 3.43. The van der Waals surface area contributed by atoms with Crippen molar-refractivity contribution in [3.05, 3.63) is 35.4 Å². The summed E-state index contributed by atoms with van der Waals surface area (Å²) in [6.07, 6.45) is 2.05. The Kier molecular flexibility index (Phi) is 5.65. The number of urea groups is 1. The average molecular weight is 407 g/mol. The van der Waals surface area contributed by atoms with Gasteiger partial charge in [-0.3, -0.25) is 14.9 Å². The number of benzene rings is 1. The minimum Gasteiger partial charge on any atom is -0.353 e. The molecule has 6 nitrogen and oxygen atoms in total. The minimum atomic E-state index is -2.91. The molecule has 1 saturated heterocycles. The quantitative estimate of drug-likeness (QED) is 0.579. The van der Waals surface area contributed by atoms with Crippen LogP contribution in [0.1, 0.15) is 44.7 Å². The fourth-order valence-corrected chi connectivity index (χ4v) is 3.81. The second kappa shape index (κ2) is 7.72. The smallest absolute Gasteiger partial charge is 0.322 e. The SMILES string of the molecule is CC(C)C(Cc1ccc(C(C)(F)F)cc1)C(=O)NCC1(C2CC2)NC(=O)NC1=O. The van der Waals surface area contributed by atoms with Crippen LogP contribution in [0.4, 0.5) is 13.6 Å². The van der Waals surface area contributed by atoms with Crippen molar-refractivity contribution in [3.8, 4) is 0 Å². The van der Waals surface area contributed by atoms with Crippen molar-refractivity contribution < 1.29 is 23.2 Å². The third-order valence-corrected chi connectivity index (χ3v) is 5.84. The number of hydrogen-bond acceptors (Lipinski definition) is 3. The van der Waals surface area contributed by atoms with Gasteiger partial charge in [0.2, 0.25) is 5.91 Å². The number of carbonyl (C=O) groups is 3. The summed E-state index contributed by atoms with van der Waals surface area (Å²) in [5, 5.41) is 7.79. The molecule has 1 aromatic carbocycles. The lowest BCUT2D eigenvalue weighted by molar-refractivity contribution is -0.128. The zero-order valence-electron chi connectivity index (χ0n) is 16.9. The second-order valence-electron chi connectivity index (χ2n) is 8.51. The van der Waals surface area contributed by atoms with Crippen molar-refractivity contribution in [1.29, 1.82) is 0 Å². The van der Waals surface area contributed by atoms with E-state index in [4.69, 9.17) is 0 Å². The number of alkyl halides is 2. The molecule has 4 amide bonds. The summed E-state index contributed by atoms with van der Waals surface area (Å²) < 4.78 is 26.8. The molecular formula is C21H27F2N3O3. The topological polar surface area (TPSA) is 87.3 Å². The van der Waals surface area contributed by atoms with Crippen molar-refractivity contribution in [2.75, 3.05) is 6.54 Å². The third-order valence-electron chi connectivity index (χ3n) is 5.84. The molecule has 0 bridgehead atoms. The van der Waals surface area contributed by atoms with E-state index in [0.29, 0.717) is 6.42 Å². The zero-order valence-corrected chi connectivity index (χ0v) is 16.9. The number of imide groups is 1. The molecule has 29 heavy (non-hydrogen) atoms. The third kappa shape index (κ3) is 4.57. The standard InChI is InChI=1S/C21H27F2N3O3/c1-12(2)16(10-13-4-6-14(7-5-13)20(3,22)23)17(27)24-11-21(15-8-9-15)18(28)25-19(29)26-21/h4-7,12,15-16H,8-11H2,1-3H3,(H,24,27)(H2,25,26,28,29). The molecule has 1 saturated carbocycles. The van der Waals surface area contributed by atoms with E-state index >= 15 is 0 Å². The van der Waals surface area contributed by atoms with Gasteiger partial charge < -0.3 is 10.6 Å². The summed E-state index contributed by atoms with van der Waals surface area (Å²) in [6, 6.07) is 5.46. The molecule has 1 aliphatic heterocycles. The first-order chi connectivity index (χ1) is 13.5. The highest BCUT2D eigenvalue weighted by atomic mass is 19.3. The first-order valence-electron chi connectivity index (χ1n) is 9.91. The largest absolute Gasteiger partial charge is 0.353 e. The molecule has 1 aromatic rings. The molecular weight excluding hydrogens is 380 g/mol. The van der Waals surface area contributed by atoms with E-state index in [9.17, 15) is 23.2 Å². The Morgan fingerprint density at radius 1 is 1.24 bits per heavy atom. The molecule has 2 aliphatic rings. The lowest BCUT2D eigenvalue weighted by Gasteiger charge is -2.28. The molecule has 0 radical (unpaired) electrons. The number of rotatable bonds is 8. The normalized spacial score (nSPS) is 23.0. The highest BCUT2D eigenvalue weighted by Crippen LogP contribution is 2.41. The van der Waals surface area contributed by atoms with E-state index in [1.807, 2.05) is 13.8 Å². The Bertz CT molecular complexity index is 800. The molecule has 3 N–H and O–H groups in total. The van der Waals surface area contributed by atoms with Gasteiger partial charge in [0.15, 0.2) is 0 Å². The van der Waals surface area contributed by atoms with Gasteiger partial charge in [0.05, 0.1) is 6.54 Å². The van der Waals surface area contributed by atoms with Crippen LogP contribution in [0.3, 0.4) is 0 Å². The maximum Gasteiger partial charge on any atom is 0.322 e. The van der Waals surface area contributed by atoms with Crippen molar-refractivity contribution >= 4 is 17.8 Å². The number of halogens is 2. The van der Waals surface area contributed by atoms with Crippen molar-refractivity contribution in [1.82, 2.24) is 16.0 Å². The molecule has 1 heterocycles. The monoisotopic (exact) mass is 407 g/mol. The van der Waals surface area contributed by atoms with Crippen LogP contribution in [0.2, 0.25) is 0 Å². The predicted octanol–water partition coefficient (Wildman–Crippen LogP) is 2.72. The summed E-state index contributed by atoms with van der Waals surface area (Å²) >= 11 is 0. The number of hydrogen-bond donors (Lipinski definition) is 3. The lowest BCUT2D eigenvalue weighted by Crippen LogP contribution is -2.57. The maximum absolute atomic E-state index is 13.4. The summed E-state index contributed by atoms with van der Waals surface area (Å²) in [5.41, 5.74) is -0.361. The highest BCUT2D eigenvalue weighted by Gasteiger charge is 2.56. The molecule has 0 aromatic heterocycles. The Labute approximate surface area is 168 Å². The fraction of sp³-hybridized carbons (Fsp3) is 0.571. The number of nitrogens with one attached hydrogen (secondary N) is 3. The number of amides is 4. The van der Waals surface area contributed by atoms with Crippen LogP contribution in [0.15, 0.2) is 24.3 Å². The molecule has 2 unspecified atom stereocenters. The molecule has 0 spiro atoms. The van der Waals surface area contributed by atoms with Gasteiger partial charge in [-0.05, 0) is 36.7 Å². The molecule has 2 atom stereocenters. The van der Waals surface area contributed by atoms with Gasteiger partial charge in [-0.2, -0.15) is 0 Å². The Morgan fingerprint density at radius 2 is 1.86 bits per heavy atom. The summed E-state index contributed by atoms with van der Waals surface area (Å²) in [5.74, 6) is -3.89. The van der Waals surface area contributed by atoms with Crippen molar-refractivity contribution in [2.24, 2.45) is 17.8 Å². The first kappa shape index (κ1) is 21.2. The fourth-order valence-electron chi connectivity index (χ4n) is 3.81. The van der Waals surface area contributed by atoms with Crippen molar-refractivity contribution in [3.63, 3.8) is 0 Å². The summed E-state index contributed by atoms with van der Waals surface area (Å²) in [7, 11) is 0. The van der Waals surface area contributed by atoms with Gasteiger partial charge in [0.1, 0.15) is 5.54 Å². The van der Waals surface area contributed by atoms with E-state index < -0.39 is 23.4 Å². The highest BCUT2D eigenvalue weighted by molar-refractivity contribution is 6.07. The summed E-state index contributed by atoms with van der Waals surface area (Å²) in [4.78, 5) is 36.8. The van der Waals surface area contributed by atoms with Gasteiger partial charge in [0.25, 0.3) is 11.8 Å². The van der Waals surface area contributed by atoms with E-state index in [-0.39, 0.29) is 35.8 Å². The van der Waals surface area contributed by atoms with E-state index in [0.717, 1.165) is 25.3 Å². The molecule has 1 aliphatic carbocycles. The number of carbonyl (C=O) groups excluding carboxylic acids is 3. The molecule has 3 rings (SSSR count). The van der Waals surface area contributed by atoms with Crippen molar-refractivity contribution in [2.45, 2.75) is 51.5 Å². The maximum atomic E-state index is 13.4. The zero-order chi connectivity index (χ0) is 21.4. The van der Waals surface area contributed by atoms with Gasteiger partial charge in [-0.25, -0.2) is 13.6 Å². The lowest BCUT2D eigenvalue weighted by atomic mass is 9.87. The first-order valence-corrected chi connectivity index (χ1v) is 9.91. The van der Waals surface area contributed by atoms with Crippen LogP contribution >= 0.6 is 0 Å². The van der Waals surface area contributed by atoms with E-state index in [2.05, 4.69) is 16.0 Å². The van der Waals surface area contributed by atoms with Crippen LogP contribution in [-0.2, 0) is 21.9 Å². The Morgan fingerprint density at radius 3 is 2.31 bits per heavy atom. The Hall–Kier alpha value is -2.51. The van der Waals surface area contributed by atoms with Gasteiger partial charge in [-0.15, -0.1) is 0 Å². The summed E-state index contributed by atoms with van der Waals surface area (Å²) in [6.45, 7) is 4.72. The Balaban J connectivity index is 1.67. The molecule has 2 fully saturated rings. The van der Waals surface area contributed by atoms with Crippen LogP contribution < -0.4 is 16.0 Å². The second-order valence-corrected chi connectivity index (χ2v) is 8.51. The van der Waals surface area contributed by atoms with Crippen LogP contribution in [0.5, 0.6) is 0 Å². The minimum absolute atomic E-state index is 0.00571. The van der Waals surface area contributed by atoms with Crippen LogP contribution in [0, 0.1) is 17.8 Å². The van der Waals surface area contributed by atoms with E-state index in [1.54, 1.807) is 12.1 Å². The van der Waals surface area contributed by atoms with Gasteiger partial charge in [-0.1, -0.05) is 38.1 Å². The van der Waals surface area contributed by atoms with Gasteiger partial charge in [0, 0.05) is 18.4 Å². The van der Waals surface area contributed by atoms with E-state index in [1.165, 1.54) is 12.1 Å². The van der Waals surface area contributed by atoms with Crippen LogP contribution in [0.25, 0.3) is 0 Å².